The number of nitrogens with zero attached hydrogens (tertiary/aromatic N) is 1. The molecule has 1 amide bonds. The van der Waals surface area contributed by atoms with Crippen molar-refractivity contribution < 1.29 is 14.3 Å². The number of carbonyl (C=O) groups excluding carboxylic acids is 2. The molecule has 2 aromatic rings. The van der Waals surface area contributed by atoms with Gasteiger partial charge in [0.25, 0.3) is 5.91 Å². The zero-order valence-electron chi connectivity index (χ0n) is 14.4. The number of hydrogen-bond acceptors (Lipinski definition) is 6. The molecule has 0 saturated heterocycles. The molecule has 3 rings (SSSR count). The van der Waals surface area contributed by atoms with Crippen molar-refractivity contribution in [3.05, 3.63) is 28.6 Å². The molecule has 25 heavy (non-hydrogen) atoms. The minimum absolute atomic E-state index is 0.173. The zero-order valence-corrected chi connectivity index (χ0v) is 16.0. The molecule has 3 atom stereocenters. The lowest BCUT2D eigenvalue weighted by Gasteiger charge is -2.30. The fraction of sp³-hybridized carbons (Fsp3) is 0.500. The number of aromatic nitrogens is 1. The van der Waals surface area contributed by atoms with Crippen LogP contribution in [0, 0.1) is 5.92 Å². The molecule has 1 aliphatic rings. The molecule has 1 fully saturated rings. The summed E-state index contributed by atoms with van der Waals surface area (Å²) in [6.45, 7) is 3.76. The van der Waals surface area contributed by atoms with E-state index in [9.17, 15) is 9.59 Å². The van der Waals surface area contributed by atoms with Crippen LogP contribution in [0.1, 0.15) is 50.0 Å². The number of thiophene rings is 1. The predicted octanol–water partition coefficient (Wildman–Crippen LogP) is 4.11. The monoisotopic (exact) mass is 378 g/mol. The maximum Gasteiger partial charge on any atom is 0.358 e. The molecule has 0 radical (unpaired) electrons. The summed E-state index contributed by atoms with van der Waals surface area (Å²) in [5.74, 6) is -0.327. The quantitative estimate of drug-likeness (QED) is 0.795. The first-order valence-corrected chi connectivity index (χ1v) is 10.3. The maximum atomic E-state index is 12.3. The van der Waals surface area contributed by atoms with Gasteiger partial charge in [-0.3, -0.25) is 4.79 Å². The van der Waals surface area contributed by atoms with E-state index in [-0.39, 0.29) is 17.6 Å². The third-order valence-corrected chi connectivity index (χ3v) is 6.42. The van der Waals surface area contributed by atoms with Crippen molar-refractivity contribution in [1.29, 1.82) is 0 Å². The molecule has 7 heteroatoms. The molecule has 0 bridgehead atoms. The van der Waals surface area contributed by atoms with E-state index in [0.717, 1.165) is 29.1 Å². The zero-order chi connectivity index (χ0) is 17.8. The number of ether oxygens (including phenoxy) is 1. The number of esters is 1. The summed E-state index contributed by atoms with van der Waals surface area (Å²) in [6, 6.07) is 4.07. The minimum Gasteiger partial charge on any atom is -0.448 e. The Kier molecular flexibility index (Phi) is 5.86. The van der Waals surface area contributed by atoms with Crippen LogP contribution in [-0.4, -0.2) is 29.0 Å². The summed E-state index contributed by atoms with van der Waals surface area (Å²) in [6.07, 6.45) is 3.64. The first-order valence-electron chi connectivity index (χ1n) is 8.55. The normalized spacial score (nSPS) is 21.5. The van der Waals surface area contributed by atoms with Gasteiger partial charge >= 0.3 is 5.97 Å². The van der Waals surface area contributed by atoms with E-state index in [2.05, 4.69) is 17.2 Å². The molecule has 1 N–H and O–H groups in total. The topological polar surface area (TPSA) is 68.3 Å². The van der Waals surface area contributed by atoms with Crippen molar-refractivity contribution in [3.8, 4) is 9.88 Å². The van der Waals surface area contributed by atoms with Crippen LogP contribution in [-0.2, 0) is 9.53 Å². The SMILES string of the molecule is C[C@@H](OC(=O)c1csc(-c2cccs2)n1)C(=O)N[C@H]1CCCC[C@@H]1C. The molecule has 5 nitrogen and oxygen atoms in total. The van der Waals surface area contributed by atoms with Crippen LogP contribution in [0.4, 0.5) is 0 Å². The van der Waals surface area contributed by atoms with Crippen LogP contribution in [0.5, 0.6) is 0 Å². The number of carbonyl (C=O) groups is 2. The van der Waals surface area contributed by atoms with E-state index in [1.165, 1.54) is 17.8 Å². The van der Waals surface area contributed by atoms with Gasteiger partial charge in [-0.15, -0.1) is 22.7 Å². The van der Waals surface area contributed by atoms with Gasteiger partial charge in [0, 0.05) is 11.4 Å². The van der Waals surface area contributed by atoms with Crippen LogP contribution >= 0.6 is 22.7 Å². The third-order valence-electron chi connectivity index (χ3n) is 4.54. The second-order valence-electron chi connectivity index (χ2n) is 6.44. The molecule has 0 spiro atoms. The van der Waals surface area contributed by atoms with Crippen molar-refractivity contribution in [2.45, 2.75) is 51.7 Å². The van der Waals surface area contributed by atoms with Crippen molar-refractivity contribution in [3.63, 3.8) is 0 Å². The summed E-state index contributed by atoms with van der Waals surface area (Å²) in [5.41, 5.74) is 0.249. The lowest BCUT2D eigenvalue weighted by Crippen LogP contribution is -2.46. The van der Waals surface area contributed by atoms with E-state index in [1.54, 1.807) is 23.6 Å². The number of rotatable bonds is 5. The fourth-order valence-corrected chi connectivity index (χ4v) is 4.59. The Morgan fingerprint density at radius 1 is 1.32 bits per heavy atom. The fourth-order valence-electron chi connectivity index (χ4n) is 2.99. The van der Waals surface area contributed by atoms with E-state index < -0.39 is 12.1 Å². The Hall–Kier alpha value is -1.73. The molecule has 0 aromatic carbocycles. The van der Waals surface area contributed by atoms with Gasteiger partial charge in [-0.25, -0.2) is 9.78 Å². The highest BCUT2D eigenvalue weighted by atomic mass is 32.1. The van der Waals surface area contributed by atoms with Gasteiger partial charge in [0.05, 0.1) is 4.88 Å². The maximum absolute atomic E-state index is 12.3. The van der Waals surface area contributed by atoms with Gasteiger partial charge in [0.1, 0.15) is 5.01 Å². The number of thiazole rings is 1. The second-order valence-corrected chi connectivity index (χ2v) is 8.25. The Bertz CT molecular complexity index is 727. The first-order chi connectivity index (χ1) is 12.0. The van der Waals surface area contributed by atoms with Crippen LogP contribution in [0.15, 0.2) is 22.9 Å². The highest BCUT2D eigenvalue weighted by molar-refractivity contribution is 7.20. The van der Waals surface area contributed by atoms with Gasteiger partial charge in [0.15, 0.2) is 11.8 Å². The average molecular weight is 379 g/mol. The van der Waals surface area contributed by atoms with Crippen LogP contribution < -0.4 is 5.32 Å². The summed E-state index contributed by atoms with van der Waals surface area (Å²) in [7, 11) is 0. The molecular weight excluding hydrogens is 356 g/mol. The molecule has 2 aromatic heterocycles. The van der Waals surface area contributed by atoms with Crippen LogP contribution in [0.2, 0.25) is 0 Å². The summed E-state index contributed by atoms with van der Waals surface area (Å²) >= 11 is 2.97. The second kappa shape index (κ2) is 8.10. The van der Waals surface area contributed by atoms with E-state index in [0.29, 0.717) is 5.92 Å². The van der Waals surface area contributed by atoms with Crippen molar-refractivity contribution in [2.24, 2.45) is 5.92 Å². The van der Waals surface area contributed by atoms with Crippen LogP contribution in [0.3, 0.4) is 0 Å². The highest BCUT2D eigenvalue weighted by Gasteiger charge is 2.27. The standard InChI is InChI=1S/C18H22N2O3S2/c1-11-6-3-4-7-13(11)19-16(21)12(2)23-18(22)14-10-25-17(20-14)15-8-5-9-24-15/h5,8-13H,3-4,6-7H2,1-2H3,(H,19,21)/t11-,12+,13-/m0/s1. The van der Waals surface area contributed by atoms with Gasteiger partial charge in [0.2, 0.25) is 0 Å². The third kappa shape index (κ3) is 4.46. The number of amides is 1. The molecule has 0 aliphatic heterocycles. The van der Waals surface area contributed by atoms with Gasteiger partial charge in [-0.05, 0) is 37.1 Å². The van der Waals surface area contributed by atoms with Crippen LogP contribution in [0.25, 0.3) is 9.88 Å². The minimum atomic E-state index is -0.825. The first kappa shape index (κ1) is 18.1. The molecule has 1 aliphatic carbocycles. The lowest BCUT2D eigenvalue weighted by molar-refractivity contribution is -0.130. The molecule has 134 valence electrons. The summed E-state index contributed by atoms with van der Waals surface area (Å²) in [4.78, 5) is 29.9. The van der Waals surface area contributed by atoms with Crippen molar-refractivity contribution in [1.82, 2.24) is 10.3 Å². The van der Waals surface area contributed by atoms with Gasteiger partial charge in [-0.1, -0.05) is 25.8 Å². The van der Waals surface area contributed by atoms with E-state index in [4.69, 9.17) is 4.74 Å². The van der Waals surface area contributed by atoms with Gasteiger partial charge in [-0.2, -0.15) is 0 Å². The number of nitrogens with one attached hydrogen (secondary N) is 1. The Balaban J connectivity index is 1.55. The van der Waals surface area contributed by atoms with Gasteiger partial charge < -0.3 is 10.1 Å². The average Bonchev–Trinajstić information content (AvgIpc) is 3.28. The Morgan fingerprint density at radius 2 is 2.12 bits per heavy atom. The van der Waals surface area contributed by atoms with E-state index in [1.807, 2.05) is 17.5 Å². The van der Waals surface area contributed by atoms with Crippen molar-refractivity contribution >= 4 is 34.6 Å². The molecule has 2 heterocycles. The van der Waals surface area contributed by atoms with Crippen molar-refractivity contribution in [2.75, 3.05) is 0 Å². The summed E-state index contributed by atoms with van der Waals surface area (Å²) in [5, 5.41) is 7.45. The lowest BCUT2D eigenvalue weighted by atomic mass is 9.86. The predicted molar refractivity (Wildman–Crippen MR) is 99.9 cm³/mol. The summed E-state index contributed by atoms with van der Waals surface area (Å²) < 4.78 is 5.30. The highest BCUT2D eigenvalue weighted by Crippen LogP contribution is 2.28. The smallest absolute Gasteiger partial charge is 0.358 e. The molecule has 0 unspecified atom stereocenters. The Labute approximate surface area is 155 Å². The van der Waals surface area contributed by atoms with E-state index >= 15 is 0 Å². The molecule has 1 saturated carbocycles. The number of hydrogen-bond donors (Lipinski definition) is 1. The Morgan fingerprint density at radius 3 is 2.84 bits per heavy atom. The largest absolute Gasteiger partial charge is 0.448 e. The molecular formula is C18H22N2O3S2.